The Bertz CT molecular complexity index is 643. The van der Waals surface area contributed by atoms with Crippen LogP contribution in [0.4, 0.5) is 16.5 Å². The lowest BCUT2D eigenvalue weighted by molar-refractivity contribution is 0.0698. The van der Waals surface area contributed by atoms with Crippen molar-refractivity contribution in [3.63, 3.8) is 0 Å². The van der Waals surface area contributed by atoms with Crippen LogP contribution < -0.4 is 11.1 Å². The minimum atomic E-state index is -1.02. The van der Waals surface area contributed by atoms with Gasteiger partial charge in [-0.15, -0.1) is 11.3 Å². The van der Waals surface area contributed by atoms with Crippen molar-refractivity contribution in [2.24, 2.45) is 0 Å². The van der Waals surface area contributed by atoms with E-state index < -0.39 is 5.97 Å². The molecule has 1 aliphatic rings. The molecule has 1 aromatic heterocycles. The molecule has 0 bridgehead atoms. The van der Waals surface area contributed by atoms with Crippen molar-refractivity contribution >= 4 is 33.8 Å². The molecule has 0 atom stereocenters. The number of aromatic carboxylic acids is 1. The summed E-state index contributed by atoms with van der Waals surface area (Å²) in [6, 6.07) is 4.90. The maximum atomic E-state index is 11.1. The van der Waals surface area contributed by atoms with Crippen LogP contribution in [0.15, 0.2) is 18.2 Å². The van der Waals surface area contributed by atoms with E-state index in [1.54, 1.807) is 23.5 Å². The van der Waals surface area contributed by atoms with Gasteiger partial charge in [-0.3, -0.25) is 0 Å². The highest BCUT2D eigenvalue weighted by molar-refractivity contribution is 7.15. The molecule has 1 aliphatic carbocycles. The van der Waals surface area contributed by atoms with Crippen LogP contribution >= 0.6 is 11.3 Å². The number of rotatable bonds is 3. The highest BCUT2D eigenvalue weighted by Crippen LogP contribution is 2.31. The van der Waals surface area contributed by atoms with Crippen LogP contribution in [0.25, 0.3) is 0 Å². The summed E-state index contributed by atoms with van der Waals surface area (Å²) in [7, 11) is 0. The largest absolute Gasteiger partial charge is 0.478 e. The van der Waals surface area contributed by atoms with Crippen molar-refractivity contribution in [3.8, 4) is 0 Å². The van der Waals surface area contributed by atoms with Crippen LogP contribution in [0.5, 0.6) is 0 Å². The minimum Gasteiger partial charge on any atom is -0.478 e. The third-order valence-corrected chi connectivity index (χ3v) is 4.45. The number of aromatic nitrogens is 1. The summed E-state index contributed by atoms with van der Waals surface area (Å²) in [5, 5.41) is 13.1. The Balaban J connectivity index is 1.86. The van der Waals surface area contributed by atoms with E-state index in [9.17, 15) is 4.79 Å². The van der Waals surface area contributed by atoms with Crippen LogP contribution in [0.1, 0.15) is 33.8 Å². The van der Waals surface area contributed by atoms with Crippen molar-refractivity contribution < 1.29 is 9.90 Å². The second-order valence-corrected chi connectivity index (χ2v) is 5.91. The number of aryl methyl sites for hydroxylation is 2. The first-order valence-corrected chi connectivity index (χ1v) is 7.33. The van der Waals surface area contributed by atoms with Gasteiger partial charge in [0.05, 0.1) is 11.3 Å². The second kappa shape index (κ2) is 5.13. The molecule has 0 saturated carbocycles. The van der Waals surface area contributed by atoms with E-state index in [1.807, 2.05) is 0 Å². The Kier molecular flexibility index (Phi) is 3.31. The molecule has 0 saturated heterocycles. The molecular formula is C14H15N3O2S. The first kappa shape index (κ1) is 12.9. The van der Waals surface area contributed by atoms with Crippen molar-refractivity contribution in [2.45, 2.75) is 25.7 Å². The molecule has 0 spiro atoms. The fraction of sp³-hybridized carbons (Fsp3) is 0.286. The summed E-state index contributed by atoms with van der Waals surface area (Å²) in [6.45, 7) is 0. The number of carbonyl (C=O) groups is 1. The lowest BCUT2D eigenvalue weighted by Crippen LogP contribution is -2.03. The number of nitrogens with two attached hydrogens (primary N) is 1. The van der Waals surface area contributed by atoms with E-state index in [0.29, 0.717) is 5.69 Å². The number of hydrogen-bond donors (Lipinski definition) is 3. The van der Waals surface area contributed by atoms with Gasteiger partial charge in [0.2, 0.25) is 0 Å². The number of nitrogen functional groups attached to an aromatic ring is 1. The van der Waals surface area contributed by atoms with Gasteiger partial charge in [-0.25, -0.2) is 9.78 Å². The number of nitrogens with one attached hydrogen (secondary N) is 1. The number of carboxylic acids is 1. The molecule has 3 rings (SSSR count). The SMILES string of the molecule is Nc1ccc(Nc2nc3c(s2)CCCC3)cc1C(=O)O. The molecule has 0 radical (unpaired) electrons. The van der Waals surface area contributed by atoms with Gasteiger partial charge in [0.25, 0.3) is 0 Å². The Morgan fingerprint density at radius 1 is 1.35 bits per heavy atom. The molecule has 0 unspecified atom stereocenters. The van der Waals surface area contributed by atoms with E-state index in [4.69, 9.17) is 10.8 Å². The maximum absolute atomic E-state index is 11.1. The molecule has 6 heteroatoms. The Hall–Kier alpha value is -2.08. The van der Waals surface area contributed by atoms with E-state index in [1.165, 1.54) is 29.5 Å². The van der Waals surface area contributed by atoms with Crippen LogP contribution in [-0.4, -0.2) is 16.1 Å². The molecule has 2 aromatic rings. The fourth-order valence-corrected chi connectivity index (χ4v) is 3.42. The molecule has 1 aromatic carbocycles. The van der Waals surface area contributed by atoms with Gasteiger partial charge in [-0.05, 0) is 43.9 Å². The van der Waals surface area contributed by atoms with E-state index in [-0.39, 0.29) is 11.3 Å². The predicted octanol–water partition coefficient (Wildman–Crippen LogP) is 3.05. The van der Waals surface area contributed by atoms with Gasteiger partial charge < -0.3 is 16.2 Å². The predicted molar refractivity (Wildman–Crippen MR) is 79.9 cm³/mol. The second-order valence-electron chi connectivity index (χ2n) is 4.83. The summed E-state index contributed by atoms with van der Waals surface area (Å²) >= 11 is 1.65. The minimum absolute atomic E-state index is 0.108. The molecular weight excluding hydrogens is 274 g/mol. The smallest absolute Gasteiger partial charge is 0.337 e. The molecule has 5 nitrogen and oxygen atoms in total. The standard InChI is InChI=1S/C14H15N3O2S/c15-10-6-5-8(7-9(10)13(18)19)16-14-17-11-3-1-2-4-12(11)20-14/h5-7H,1-4,15H2,(H,16,17)(H,18,19). The van der Waals surface area contributed by atoms with E-state index in [2.05, 4.69) is 10.3 Å². The average Bonchev–Trinajstić information content (AvgIpc) is 2.82. The van der Waals surface area contributed by atoms with Crippen LogP contribution in [-0.2, 0) is 12.8 Å². The van der Waals surface area contributed by atoms with Gasteiger partial charge in [-0.2, -0.15) is 0 Å². The highest BCUT2D eigenvalue weighted by Gasteiger charge is 2.15. The van der Waals surface area contributed by atoms with Crippen molar-refractivity contribution in [2.75, 3.05) is 11.1 Å². The summed E-state index contributed by atoms with van der Waals surface area (Å²) in [5.74, 6) is -1.02. The van der Waals surface area contributed by atoms with Gasteiger partial charge in [-0.1, -0.05) is 0 Å². The third kappa shape index (κ3) is 2.46. The van der Waals surface area contributed by atoms with Crippen LogP contribution in [0, 0.1) is 0 Å². The van der Waals surface area contributed by atoms with Gasteiger partial charge in [0.1, 0.15) is 0 Å². The summed E-state index contributed by atoms with van der Waals surface area (Å²) < 4.78 is 0. The zero-order valence-corrected chi connectivity index (χ0v) is 11.7. The van der Waals surface area contributed by atoms with E-state index in [0.717, 1.165) is 18.0 Å². The monoisotopic (exact) mass is 289 g/mol. The molecule has 1 heterocycles. The van der Waals surface area contributed by atoms with Crippen LogP contribution in [0.2, 0.25) is 0 Å². The van der Waals surface area contributed by atoms with Crippen molar-refractivity contribution in [1.29, 1.82) is 0 Å². The Morgan fingerprint density at radius 2 is 2.15 bits per heavy atom. The summed E-state index contributed by atoms with van der Waals surface area (Å²) in [5.41, 5.74) is 7.89. The quantitative estimate of drug-likeness (QED) is 0.756. The van der Waals surface area contributed by atoms with Gasteiger partial charge in [0.15, 0.2) is 5.13 Å². The molecule has 20 heavy (non-hydrogen) atoms. The van der Waals surface area contributed by atoms with Gasteiger partial charge >= 0.3 is 5.97 Å². The average molecular weight is 289 g/mol. The normalized spacial score (nSPS) is 13.8. The number of nitrogens with zero attached hydrogens (tertiary/aromatic N) is 1. The fourth-order valence-electron chi connectivity index (χ4n) is 2.35. The lowest BCUT2D eigenvalue weighted by atomic mass is 10.0. The number of anilines is 3. The zero-order valence-electron chi connectivity index (χ0n) is 10.8. The number of thiazole rings is 1. The summed E-state index contributed by atoms with van der Waals surface area (Å²) in [4.78, 5) is 17.0. The summed E-state index contributed by atoms with van der Waals surface area (Å²) in [6.07, 6.45) is 4.55. The van der Waals surface area contributed by atoms with E-state index >= 15 is 0 Å². The Morgan fingerprint density at radius 3 is 2.90 bits per heavy atom. The zero-order chi connectivity index (χ0) is 14.1. The van der Waals surface area contributed by atoms with Crippen LogP contribution in [0.3, 0.4) is 0 Å². The number of carboxylic acid groups (broad SMARTS) is 1. The molecule has 0 aliphatic heterocycles. The molecule has 4 N–H and O–H groups in total. The number of benzene rings is 1. The molecule has 0 fully saturated rings. The van der Waals surface area contributed by atoms with Gasteiger partial charge in [0, 0.05) is 16.3 Å². The maximum Gasteiger partial charge on any atom is 0.337 e. The number of hydrogen-bond acceptors (Lipinski definition) is 5. The Labute approximate surface area is 120 Å². The lowest BCUT2D eigenvalue weighted by Gasteiger charge is -2.06. The first-order valence-electron chi connectivity index (χ1n) is 6.52. The highest BCUT2D eigenvalue weighted by atomic mass is 32.1. The number of fused-ring (bicyclic) bond motifs is 1. The molecule has 104 valence electrons. The topological polar surface area (TPSA) is 88.2 Å². The third-order valence-electron chi connectivity index (χ3n) is 3.38. The first-order chi connectivity index (χ1) is 9.63. The van der Waals surface area contributed by atoms with Crippen molar-refractivity contribution in [3.05, 3.63) is 34.3 Å². The van der Waals surface area contributed by atoms with Crippen molar-refractivity contribution in [1.82, 2.24) is 4.98 Å². The molecule has 0 amide bonds.